The number of sulfonamides is 1. The average molecular weight is 399 g/mol. The number of carbonyl (C=O) groups is 1. The van der Waals surface area contributed by atoms with Gasteiger partial charge in [0, 0.05) is 18.2 Å². The third-order valence-corrected chi connectivity index (χ3v) is 7.70. The molecule has 28 heavy (non-hydrogen) atoms. The average Bonchev–Trinajstić information content (AvgIpc) is 3.08. The fourth-order valence-electron chi connectivity index (χ4n) is 4.30. The van der Waals surface area contributed by atoms with Crippen molar-refractivity contribution in [2.24, 2.45) is 0 Å². The van der Waals surface area contributed by atoms with E-state index in [1.165, 1.54) is 9.87 Å². The van der Waals surface area contributed by atoms with Crippen molar-refractivity contribution < 1.29 is 13.2 Å². The van der Waals surface area contributed by atoms with Crippen molar-refractivity contribution >= 4 is 21.6 Å². The third kappa shape index (κ3) is 4.07. The lowest BCUT2D eigenvalue weighted by Gasteiger charge is -2.29. The lowest BCUT2D eigenvalue weighted by atomic mass is 9.82. The highest BCUT2D eigenvalue weighted by Crippen LogP contribution is 2.33. The second kappa shape index (κ2) is 7.95. The molecule has 1 aliphatic carbocycles. The summed E-state index contributed by atoms with van der Waals surface area (Å²) in [7, 11) is -3.24. The van der Waals surface area contributed by atoms with E-state index in [0.717, 1.165) is 25.7 Å². The molecule has 0 spiro atoms. The van der Waals surface area contributed by atoms with Crippen LogP contribution in [0.2, 0.25) is 0 Å². The maximum atomic E-state index is 12.7. The van der Waals surface area contributed by atoms with E-state index in [9.17, 15) is 13.2 Å². The van der Waals surface area contributed by atoms with Gasteiger partial charge < -0.3 is 5.32 Å². The van der Waals surface area contributed by atoms with Crippen molar-refractivity contribution in [2.75, 3.05) is 16.6 Å². The van der Waals surface area contributed by atoms with Gasteiger partial charge in [0.25, 0.3) is 5.91 Å². The van der Waals surface area contributed by atoms with Gasteiger partial charge in [-0.25, -0.2) is 8.42 Å². The maximum absolute atomic E-state index is 12.7. The Morgan fingerprint density at radius 3 is 2.39 bits per heavy atom. The SMILES string of the molecule is O=C(NC1CCC(c2ccccc2)CC1)c1cccc(N2CCCS2(=O)=O)c1. The summed E-state index contributed by atoms with van der Waals surface area (Å²) in [6.07, 6.45) is 4.70. The molecule has 1 heterocycles. The van der Waals surface area contributed by atoms with Crippen molar-refractivity contribution in [2.45, 2.75) is 44.1 Å². The largest absolute Gasteiger partial charge is 0.349 e. The molecule has 4 rings (SSSR count). The molecule has 2 aliphatic rings. The molecule has 0 atom stereocenters. The normalized spacial score (nSPS) is 24.1. The van der Waals surface area contributed by atoms with Crippen LogP contribution >= 0.6 is 0 Å². The van der Waals surface area contributed by atoms with E-state index >= 15 is 0 Å². The van der Waals surface area contributed by atoms with Crippen molar-refractivity contribution in [1.82, 2.24) is 5.32 Å². The van der Waals surface area contributed by atoms with Crippen LogP contribution in [0.5, 0.6) is 0 Å². The van der Waals surface area contributed by atoms with E-state index < -0.39 is 10.0 Å². The van der Waals surface area contributed by atoms with Crippen molar-refractivity contribution in [3.63, 3.8) is 0 Å². The highest BCUT2D eigenvalue weighted by molar-refractivity contribution is 7.93. The van der Waals surface area contributed by atoms with Gasteiger partial charge in [-0.15, -0.1) is 0 Å². The minimum absolute atomic E-state index is 0.124. The Labute approximate surface area is 166 Å². The number of carbonyl (C=O) groups excluding carboxylic acids is 1. The topological polar surface area (TPSA) is 66.5 Å². The smallest absolute Gasteiger partial charge is 0.251 e. The summed E-state index contributed by atoms with van der Waals surface area (Å²) in [5.41, 5.74) is 2.48. The zero-order valence-corrected chi connectivity index (χ0v) is 16.7. The fourth-order valence-corrected chi connectivity index (χ4v) is 5.85. The fraction of sp³-hybridized carbons (Fsp3) is 0.409. The van der Waals surface area contributed by atoms with Crippen molar-refractivity contribution in [1.29, 1.82) is 0 Å². The van der Waals surface area contributed by atoms with Crippen molar-refractivity contribution in [3.8, 4) is 0 Å². The number of anilines is 1. The second-order valence-corrected chi connectivity index (χ2v) is 9.74. The van der Waals surface area contributed by atoms with Crippen LogP contribution in [0.1, 0.15) is 53.9 Å². The number of nitrogens with one attached hydrogen (secondary N) is 1. The van der Waals surface area contributed by atoms with Crippen LogP contribution in [0.4, 0.5) is 5.69 Å². The van der Waals surface area contributed by atoms with Gasteiger partial charge in [0.1, 0.15) is 0 Å². The first-order valence-electron chi connectivity index (χ1n) is 9.99. The molecule has 0 bridgehead atoms. The van der Waals surface area contributed by atoms with Crippen molar-refractivity contribution in [3.05, 3.63) is 65.7 Å². The van der Waals surface area contributed by atoms with Crippen LogP contribution in [0.15, 0.2) is 54.6 Å². The summed E-state index contributed by atoms with van der Waals surface area (Å²) in [5.74, 6) is 0.619. The molecule has 0 unspecified atom stereocenters. The number of hydrogen-bond acceptors (Lipinski definition) is 3. The zero-order valence-electron chi connectivity index (χ0n) is 15.9. The molecular formula is C22H26N2O3S. The molecule has 0 radical (unpaired) electrons. The number of nitrogens with zero attached hydrogens (tertiary/aromatic N) is 1. The summed E-state index contributed by atoms with van der Waals surface area (Å²) in [4.78, 5) is 12.7. The minimum atomic E-state index is -3.24. The van der Waals surface area contributed by atoms with Gasteiger partial charge in [-0.05, 0) is 61.8 Å². The standard InChI is InChI=1S/C22H26N2O3S/c25-22(19-8-4-9-21(16-19)24-14-5-15-28(24,26)27)23-20-12-10-18(11-13-20)17-6-2-1-3-7-17/h1-4,6-9,16,18,20H,5,10-15H2,(H,23,25). The Balaban J connectivity index is 1.38. The molecule has 2 aromatic rings. The van der Waals surface area contributed by atoms with Gasteiger partial charge >= 0.3 is 0 Å². The lowest BCUT2D eigenvalue weighted by Crippen LogP contribution is -2.37. The number of amides is 1. The summed E-state index contributed by atoms with van der Waals surface area (Å²) in [6, 6.07) is 17.7. The first-order valence-corrected chi connectivity index (χ1v) is 11.6. The van der Waals surface area contributed by atoms with E-state index in [0.29, 0.717) is 30.1 Å². The lowest BCUT2D eigenvalue weighted by molar-refractivity contribution is 0.0926. The highest BCUT2D eigenvalue weighted by atomic mass is 32.2. The molecule has 1 aliphatic heterocycles. The van der Waals surface area contributed by atoms with Crippen LogP contribution < -0.4 is 9.62 Å². The molecule has 6 heteroatoms. The van der Waals surface area contributed by atoms with Gasteiger partial charge in [0.2, 0.25) is 10.0 Å². The van der Waals surface area contributed by atoms with Gasteiger partial charge in [-0.2, -0.15) is 0 Å². The van der Waals surface area contributed by atoms with Gasteiger partial charge in [0.05, 0.1) is 11.4 Å². The van der Waals surface area contributed by atoms with E-state index in [4.69, 9.17) is 0 Å². The molecule has 2 aromatic carbocycles. The molecule has 1 saturated carbocycles. The monoisotopic (exact) mass is 398 g/mol. The van der Waals surface area contributed by atoms with Gasteiger partial charge in [-0.3, -0.25) is 9.10 Å². The van der Waals surface area contributed by atoms with E-state index in [1.54, 1.807) is 24.3 Å². The second-order valence-electron chi connectivity index (χ2n) is 7.72. The number of benzene rings is 2. The number of rotatable bonds is 4. The molecular weight excluding hydrogens is 372 g/mol. The Kier molecular flexibility index (Phi) is 5.40. The molecule has 2 fully saturated rings. The van der Waals surface area contributed by atoms with Crippen LogP contribution in [-0.4, -0.2) is 32.7 Å². The predicted octanol–water partition coefficient (Wildman–Crippen LogP) is 3.68. The predicted molar refractivity (Wildman–Crippen MR) is 111 cm³/mol. The first-order chi connectivity index (χ1) is 13.5. The minimum Gasteiger partial charge on any atom is -0.349 e. The maximum Gasteiger partial charge on any atom is 0.251 e. The molecule has 0 aromatic heterocycles. The van der Waals surface area contributed by atoms with Crippen LogP contribution in [0.3, 0.4) is 0 Å². The molecule has 1 saturated heterocycles. The zero-order chi connectivity index (χ0) is 19.6. The third-order valence-electron chi connectivity index (χ3n) is 5.83. The van der Waals surface area contributed by atoms with Crippen LogP contribution in [0, 0.1) is 0 Å². The molecule has 5 nitrogen and oxygen atoms in total. The summed E-state index contributed by atoms with van der Waals surface area (Å²) in [6.45, 7) is 0.483. The van der Waals surface area contributed by atoms with Gasteiger partial charge in [0.15, 0.2) is 0 Å². The molecule has 1 amide bonds. The van der Waals surface area contributed by atoms with Gasteiger partial charge in [-0.1, -0.05) is 36.4 Å². The summed E-state index contributed by atoms with van der Waals surface area (Å²) < 4.78 is 25.7. The summed E-state index contributed by atoms with van der Waals surface area (Å²) >= 11 is 0. The first kappa shape index (κ1) is 19.0. The highest BCUT2D eigenvalue weighted by Gasteiger charge is 2.29. The molecule has 1 N–H and O–H groups in total. The van der Waals surface area contributed by atoms with E-state index in [-0.39, 0.29) is 17.7 Å². The summed E-state index contributed by atoms with van der Waals surface area (Å²) in [5, 5.41) is 3.14. The Hall–Kier alpha value is -2.34. The van der Waals surface area contributed by atoms with E-state index in [1.807, 2.05) is 6.07 Å². The Bertz CT molecular complexity index is 935. The van der Waals surface area contributed by atoms with E-state index in [2.05, 4.69) is 29.6 Å². The number of hydrogen-bond donors (Lipinski definition) is 1. The Morgan fingerprint density at radius 2 is 1.71 bits per heavy atom. The Morgan fingerprint density at radius 1 is 0.964 bits per heavy atom. The van der Waals surface area contributed by atoms with Crippen LogP contribution in [-0.2, 0) is 10.0 Å². The molecule has 148 valence electrons. The van der Waals surface area contributed by atoms with Crippen LogP contribution in [0.25, 0.3) is 0 Å². The quantitative estimate of drug-likeness (QED) is 0.854.